The van der Waals surface area contributed by atoms with E-state index in [1.54, 1.807) is 5.57 Å². The molecule has 0 radical (unpaired) electrons. The van der Waals surface area contributed by atoms with Crippen LogP contribution in [0.2, 0.25) is 0 Å². The Morgan fingerprint density at radius 1 is 1.30 bits per heavy atom. The minimum Gasteiger partial charge on any atom is -0.361 e. The molecule has 2 aliphatic rings. The smallest absolute Gasteiger partial charge is 0.0457 e. The molecule has 3 heteroatoms. The fourth-order valence-corrected chi connectivity index (χ4v) is 4.10. The number of hydrogen-bond donors (Lipinski definition) is 1. The van der Waals surface area contributed by atoms with E-state index in [1.807, 2.05) is 0 Å². The number of fused-ring (bicyclic) bond motifs is 2. The number of aromatic nitrogens is 1. The lowest BCUT2D eigenvalue weighted by Gasteiger charge is -2.29. The predicted octanol–water partition coefficient (Wildman–Crippen LogP) is 3.52. The lowest BCUT2D eigenvalue weighted by atomic mass is 9.93. The number of hydrogen-bond acceptors (Lipinski definition) is 2. The molecule has 3 nitrogen and oxygen atoms in total. The summed E-state index contributed by atoms with van der Waals surface area (Å²) in [6, 6.07) is 7.74. The van der Waals surface area contributed by atoms with Crippen molar-refractivity contribution in [2.45, 2.75) is 31.7 Å². The van der Waals surface area contributed by atoms with Crippen LogP contribution in [0.1, 0.15) is 30.4 Å². The molecular formula is C20H27N3. The van der Waals surface area contributed by atoms with Gasteiger partial charge in [-0.15, -0.1) is 0 Å². The van der Waals surface area contributed by atoms with Gasteiger partial charge >= 0.3 is 0 Å². The lowest BCUT2D eigenvalue weighted by Crippen LogP contribution is -2.32. The zero-order valence-corrected chi connectivity index (χ0v) is 14.3. The Bertz CT molecular complexity index is 726. The first-order valence-electron chi connectivity index (χ1n) is 8.89. The molecule has 122 valence electrons. The van der Waals surface area contributed by atoms with Crippen molar-refractivity contribution >= 4 is 16.5 Å². The molecule has 1 N–H and O–H groups in total. The topological polar surface area (TPSA) is 22.3 Å². The van der Waals surface area contributed by atoms with Gasteiger partial charge in [-0.1, -0.05) is 12.1 Å². The molecule has 0 unspecified atom stereocenters. The van der Waals surface area contributed by atoms with Crippen LogP contribution in [0.15, 0.2) is 30.5 Å². The van der Waals surface area contributed by atoms with Crippen molar-refractivity contribution in [2.75, 3.05) is 33.7 Å². The molecule has 0 amide bonds. The van der Waals surface area contributed by atoms with Crippen molar-refractivity contribution in [2.24, 2.45) is 0 Å². The van der Waals surface area contributed by atoms with Gasteiger partial charge in [0.15, 0.2) is 0 Å². The van der Waals surface area contributed by atoms with Crippen molar-refractivity contribution in [3.8, 4) is 0 Å². The Balaban J connectivity index is 1.61. The first-order chi connectivity index (χ1) is 11.2. The summed E-state index contributed by atoms with van der Waals surface area (Å²) in [7, 11) is 4.28. The average molecular weight is 309 g/mol. The standard InChI is InChI=1S/C20H27N3/c1-22(2)10-7-17-14-21-20-6-5-15(13-19(17)20)16-8-11-23-9-3-4-18(23)12-16/h5-6,8,13-14,18,21H,3-4,7,9-12H2,1-2H3/t18-/m0/s1. The molecule has 2 aromatic rings. The van der Waals surface area contributed by atoms with Crippen LogP contribution >= 0.6 is 0 Å². The van der Waals surface area contributed by atoms with Gasteiger partial charge in [-0.05, 0) is 75.2 Å². The third-order valence-electron chi connectivity index (χ3n) is 5.49. The first-order valence-corrected chi connectivity index (χ1v) is 8.89. The summed E-state index contributed by atoms with van der Waals surface area (Å²) in [6.45, 7) is 3.52. The van der Waals surface area contributed by atoms with Gasteiger partial charge < -0.3 is 9.88 Å². The number of aromatic amines is 1. The highest BCUT2D eigenvalue weighted by molar-refractivity contribution is 5.87. The Hall–Kier alpha value is -1.58. The van der Waals surface area contributed by atoms with E-state index in [0.29, 0.717) is 0 Å². The molecule has 2 aliphatic heterocycles. The molecule has 1 fully saturated rings. The van der Waals surface area contributed by atoms with Crippen LogP contribution in [0.5, 0.6) is 0 Å². The van der Waals surface area contributed by atoms with Gasteiger partial charge in [0.2, 0.25) is 0 Å². The molecule has 4 rings (SSSR count). The summed E-state index contributed by atoms with van der Waals surface area (Å²) >= 11 is 0. The van der Waals surface area contributed by atoms with E-state index in [1.165, 1.54) is 47.8 Å². The van der Waals surface area contributed by atoms with E-state index in [2.05, 4.69) is 59.4 Å². The molecule has 1 atom stereocenters. The predicted molar refractivity (Wildman–Crippen MR) is 97.7 cm³/mol. The largest absolute Gasteiger partial charge is 0.361 e. The number of nitrogens with zero attached hydrogens (tertiary/aromatic N) is 2. The highest BCUT2D eigenvalue weighted by Gasteiger charge is 2.27. The minimum absolute atomic E-state index is 0.783. The zero-order valence-electron chi connectivity index (χ0n) is 14.3. The lowest BCUT2D eigenvalue weighted by molar-refractivity contribution is 0.275. The summed E-state index contributed by atoms with van der Waals surface area (Å²) in [5.41, 5.74) is 5.68. The molecule has 1 saturated heterocycles. The fourth-order valence-electron chi connectivity index (χ4n) is 4.10. The van der Waals surface area contributed by atoms with E-state index in [0.717, 1.165) is 25.6 Å². The van der Waals surface area contributed by atoms with Gasteiger partial charge in [0.05, 0.1) is 0 Å². The quantitative estimate of drug-likeness (QED) is 0.933. The van der Waals surface area contributed by atoms with Gasteiger partial charge in [0.1, 0.15) is 0 Å². The Morgan fingerprint density at radius 2 is 2.22 bits per heavy atom. The minimum atomic E-state index is 0.783. The number of H-pyrrole nitrogens is 1. The number of nitrogens with one attached hydrogen (secondary N) is 1. The second-order valence-corrected chi connectivity index (χ2v) is 7.35. The number of likely N-dealkylation sites (N-methyl/N-ethyl adjacent to an activating group) is 1. The Labute approximate surface area is 139 Å². The molecule has 0 spiro atoms. The van der Waals surface area contributed by atoms with E-state index in [4.69, 9.17) is 0 Å². The Morgan fingerprint density at radius 3 is 3.09 bits per heavy atom. The summed E-state index contributed by atoms with van der Waals surface area (Å²) in [5.74, 6) is 0. The molecule has 1 aromatic heterocycles. The SMILES string of the molecule is CN(C)CCc1c[nH]c2ccc(C3=CCN4CCC[C@H]4C3)cc12. The van der Waals surface area contributed by atoms with Crippen LogP contribution in [0, 0.1) is 0 Å². The van der Waals surface area contributed by atoms with E-state index in [-0.39, 0.29) is 0 Å². The molecule has 1 aromatic carbocycles. The highest BCUT2D eigenvalue weighted by Crippen LogP contribution is 2.33. The maximum atomic E-state index is 3.43. The summed E-state index contributed by atoms with van der Waals surface area (Å²) in [4.78, 5) is 8.32. The number of benzene rings is 1. The van der Waals surface area contributed by atoms with Crippen LogP contribution in [0.3, 0.4) is 0 Å². The molecule has 0 aliphatic carbocycles. The van der Waals surface area contributed by atoms with Crippen LogP contribution in [-0.2, 0) is 6.42 Å². The van der Waals surface area contributed by atoms with E-state index >= 15 is 0 Å². The monoisotopic (exact) mass is 309 g/mol. The van der Waals surface area contributed by atoms with Gasteiger partial charge in [0.25, 0.3) is 0 Å². The van der Waals surface area contributed by atoms with Crippen LogP contribution in [-0.4, -0.2) is 54.6 Å². The van der Waals surface area contributed by atoms with E-state index in [9.17, 15) is 0 Å². The van der Waals surface area contributed by atoms with Crippen LogP contribution < -0.4 is 0 Å². The average Bonchev–Trinajstić information content (AvgIpc) is 3.18. The molecular weight excluding hydrogens is 282 g/mol. The van der Waals surface area contributed by atoms with E-state index < -0.39 is 0 Å². The van der Waals surface area contributed by atoms with Crippen molar-refractivity contribution in [3.63, 3.8) is 0 Å². The van der Waals surface area contributed by atoms with Gasteiger partial charge in [-0.25, -0.2) is 0 Å². The first kappa shape index (κ1) is 15.0. The second kappa shape index (κ2) is 6.14. The highest BCUT2D eigenvalue weighted by atomic mass is 15.2. The third-order valence-corrected chi connectivity index (χ3v) is 5.49. The van der Waals surface area contributed by atoms with Crippen molar-refractivity contribution in [1.82, 2.24) is 14.8 Å². The molecule has 0 saturated carbocycles. The normalized spacial score (nSPS) is 21.9. The second-order valence-electron chi connectivity index (χ2n) is 7.35. The van der Waals surface area contributed by atoms with Crippen LogP contribution in [0.4, 0.5) is 0 Å². The summed E-state index contributed by atoms with van der Waals surface area (Å²) < 4.78 is 0. The van der Waals surface area contributed by atoms with Crippen molar-refractivity contribution < 1.29 is 0 Å². The van der Waals surface area contributed by atoms with Crippen molar-refractivity contribution in [3.05, 3.63) is 41.6 Å². The summed E-state index contributed by atoms with van der Waals surface area (Å²) in [6.07, 6.45) is 9.71. The Kier molecular flexibility index (Phi) is 4.00. The maximum absolute atomic E-state index is 3.43. The summed E-state index contributed by atoms with van der Waals surface area (Å²) in [5, 5.41) is 1.40. The molecule has 23 heavy (non-hydrogen) atoms. The fraction of sp³-hybridized carbons (Fsp3) is 0.500. The van der Waals surface area contributed by atoms with Gasteiger partial charge in [-0.3, -0.25) is 4.90 Å². The molecule has 3 heterocycles. The maximum Gasteiger partial charge on any atom is 0.0457 e. The zero-order chi connectivity index (χ0) is 15.8. The van der Waals surface area contributed by atoms with Crippen LogP contribution in [0.25, 0.3) is 16.5 Å². The molecule has 0 bridgehead atoms. The van der Waals surface area contributed by atoms with Gasteiger partial charge in [-0.2, -0.15) is 0 Å². The van der Waals surface area contributed by atoms with Gasteiger partial charge in [0, 0.05) is 36.2 Å². The third kappa shape index (κ3) is 2.96. The van der Waals surface area contributed by atoms with Crippen molar-refractivity contribution in [1.29, 1.82) is 0 Å². The number of rotatable bonds is 4.